The third-order valence-corrected chi connectivity index (χ3v) is 4.70. The summed E-state index contributed by atoms with van der Waals surface area (Å²) >= 11 is 6.14. The van der Waals surface area contributed by atoms with Gasteiger partial charge in [0.1, 0.15) is 5.71 Å². The second-order valence-corrected chi connectivity index (χ2v) is 6.60. The number of halogens is 1. The number of benzene rings is 1. The van der Waals surface area contributed by atoms with Gasteiger partial charge in [0.25, 0.3) is 11.8 Å². The van der Waals surface area contributed by atoms with Crippen LogP contribution < -0.4 is 16.0 Å². The highest BCUT2D eigenvalue weighted by Gasteiger charge is 2.25. The molecule has 2 aliphatic heterocycles. The van der Waals surface area contributed by atoms with Crippen LogP contribution in [0.3, 0.4) is 0 Å². The van der Waals surface area contributed by atoms with Crippen molar-refractivity contribution in [2.45, 2.75) is 25.8 Å². The van der Waals surface area contributed by atoms with Gasteiger partial charge in [0.2, 0.25) is 0 Å². The summed E-state index contributed by atoms with van der Waals surface area (Å²) in [6, 6.07) is 5.43. The fraction of sp³-hybridized carbons (Fsp3) is 0.389. The summed E-state index contributed by atoms with van der Waals surface area (Å²) in [5.74, 6) is -0.578. The van der Waals surface area contributed by atoms with Crippen LogP contribution in [-0.2, 0) is 4.79 Å². The molecule has 1 fully saturated rings. The van der Waals surface area contributed by atoms with E-state index in [-0.39, 0.29) is 23.6 Å². The quantitative estimate of drug-likeness (QED) is 0.762. The van der Waals surface area contributed by atoms with Crippen molar-refractivity contribution < 1.29 is 9.59 Å². The van der Waals surface area contributed by atoms with E-state index in [4.69, 9.17) is 11.6 Å². The number of aryl methyl sites for hydroxylation is 1. The molecule has 6 nitrogen and oxygen atoms in total. The second-order valence-electron chi connectivity index (χ2n) is 6.19. The molecule has 0 aromatic heterocycles. The maximum atomic E-state index is 12.6. The van der Waals surface area contributed by atoms with Gasteiger partial charge in [-0.15, -0.1) is 0 Å². The lowest BCUT2D eigenvalue weighted by Gasteiger charge is -2.24. The monoisotopic (exact) mass is 360 g/mol. The average Bonchev–Trinajstić information content (AvgIpc) is 3.04. The van der Waals surface area contributed by atoms with Gasteiger partial charge in [0, 0.05) is 6.04 Å². The normalized spacial score (nSPS) is 17.7. The molecule has 1 saturated heterocycles. The van der Waals surface area contributed by atoms with Crippen LogP contribution in [0.5, 0.6) is 0 Å². The molecule has 132 valence electrons. The lowest BCUT2D eigenvalue weighted by molar-refractivity contribution is -0.115. The van der Waals surface area contributed by atoms with Crippen molar-refractivity contribution in [1.29, 1.82) is 0 Å². The van der Waals surface area contributed by atoms with Crippen LogP contribution >= 0.6 is 11.6 Å². The first-order valence-corrected chi connectivity index (χ1v) is 8.77. The van der Waals surface area contributed by atoms with Crippen LogP contribution in [0.2, 0.25) is 5.02 Å². The maximum absolute atomic E-state index is 12.6. The molecule has 0 radical (unpaired) electrons. The molecule has 0 spiro atoms. The molecule has 0 atom stereocenters. The minimum Gasteiger partial charge on any atom is -0.348 e. The van der Waals surface area contributed by atoms with E-state index in [9.17, 15) is 9.59 Å². The van der Waals surface area contributed by atoms with Crippen LogP contribution in [0.1, 0.15) is 28.8 Å². The van der Waals surface area contributed by atoms with E-state index in [1.807, 2.05) is 13.0 Å². The maximum Gasteiger partial charge on any atom is 0.271 e. The van der Waals surface area contributed by atoms with Crippen LogP contribution in [0.4, 0.5) is 0 Å². The number of rotatable bonds is 4. The fourth-order valence-corrected chi connectivity index (χ4v) is 3.35. The minimum absolute atomic E-state index is 0.139. The average molecular weight is 361 g/mol. The lowest BCUT2D eigenvalue weighted by Crippen LogP contribution is -2.46. The number of nitrogens with one attached hydrogen (secondary N) is 3. The highest BCUT2D eigenvalue weighted by Crippen LogP contribution is 2.20. The van der Waals surface area contributed by atoms with Gasteiger partial charge < -0.3 is 16.0 Å². The molecule has 0 saturated carbocycles. The molecular formula is C18H21ClN4O2. The van der Waals surface area contributed by atoms with Crippen molar-refractivity contribution in [3.8, 4) is 0 Å². The van der Waals surface area contributed by atoms with Crippen LogP contribution in [-0.4, -0.2) is 43.2 Å². The summed E-state index contributed by atoms with van der Waals surface area (Å²) in [6.45, 7) is 3.99. The Labute approximate surface area is 151 Å². The van der Waals surface area contributed by atoms with Gasteiger partial charge >= 0.3 is 0 Å². The molecule has 3 N–H and O–H groups in total. The van der Waals surface area contributed by atoms with E-state index in [0.29, 0.717) is 22.8 Å². The molecule has 1 aromatic carbocycles. The molecule has 25 heavy (non-hydrogen) atoms. The largest absolute Gasteiger partial charge is 0.348 e. The molecule has 0 unspecified atom stereocenters. The van der Waals surface area contributed by atoms with Crippen molar-refractivity contribution in [2.75, 3.05) is 19.6 Å². The van der Waals surface area contributed by atoms with E-state index < -0.39 is 0 Å². The van der Waals surface area contributed by atoms with Crippen molar-refractivity contribution >= 4 is 29.1 Å². The zero-order valence-electron chi connectivity index (χ0n) is 14.1. The van der Waals surface area contributed by atoms with Gasteiger partial charge in [-0.25, -0.2) is 0 Å². The van der Waals surface area contributed by atoms with Crippen LogP contribution in [0.15, 0.2) is 35.0 Å². The van der Waals surface area contributed by atoms with Gasteiger partial charge in [-0.2, -0.15) is 0 Å². The number of piperidine rings is 1. The van der Waals surface area contributed by atoms with E-state index >= 15 is 0 Å². The Morgan fingerprint density at radius 1 is 1.24 bits per heavy atom. The molecule has 3 rings (SSSR count). The first kappa shape index (κ1) is 17.6. The predicted molar refractivity (Wildman–Crippen MR) is 98.1 cm³/mol. The zero-order chi connectivity index (χ0) is 17.8. The molecule has 0 aliphatic carbocycles. The molecule has 2 amide bonds. The summed E-state index contributed by atoms with van der Waals surface area (Å²) in [5.41, 5.74) is 1.91. The smallest absolute Gasteiger partial charge is 0.271 e. The van der Waals surface area contributed by atoms with Gasteiger partial charge in [0.05, 0.1) is 22.8 Å². The molecule has 0 bridgehead atoms. The number of hydrogen-bond donors (Lipinski definition) is 3. The highest BCUT2D eigenvalue weighted by molar-refractivity contribution is 6.46. The molecule has 2 heterocycles. The molecule has 2 aliphatic rings. The molecular weight excluding hydrogens is 340 g/mol. The SMILES string of the molecule is Cc1cccc(Cl)c1C(=O)NC1=CCN=C1C(=O)NC1CCNCC1. The van der Waals surface area contributed by atoms with Gasteiger partial charge in [-0.1, -0.05) is 23.7 Å². The highest BCUT2D eigenvalue weighted by atomic mass is 35.5. The van der Waals surface area contributed by atoms with Crippen molar-refractivity contribution in [2.24, 2.45) is 4.99 Å². The summed E-state index contributed by atoms with van der Waals surface area (Å²) < 4.78 is 0. The topological polar surface area (TPSA) is 82.6 Å². The van der Waals surface area contributed by atoms with Crippen molar-refractivity contribution in [3.63, 3.8) is 0 Å². The van der Waals surface area contributed by atoms with Crippen molar-refractivity contribution in [3.05, 3.63) is 46.1 Å². The van der Waals surface area contributed by atoms with Crippen molar-refractivity contribution in [1.82, 2.24) is 16.0 Å². The summed E-state index contributed by atoms with van der Waals surface area (Å²) in [7, 11) is 0. The third kappa shape index (κ3) is 4.08. The summed E-state index contributed by atoms with van der Waals surface area (Å²) in [4.78, 5) is 29.3. The fourth-order valence-electron chi connectivity index (χ4n) is 3.04. The van der Waals surface area contributed by atoms with E-state index in [1.165, 1.54) is 0 Å². The van der Waals surface area contributed by atoms with Gasteiger partial charge in [-0.05, 0) is 50.6 Å². The first-order chi connectivity index (χ1) is 12.1. The minimum atomic E-state index is -0.335. The number of aliphatic imine (C=N–C) groups is 1. The summed E-state index contributed by atoms with van der Waals surface area (Å²) in [5, 5.41) is 9.42. The van der Waals surface area contributed by atoms with Crippen LogP contribution in [0, 0.1) is 6.92 Å². The molecule has 1 aromatic rings. The standard InChI is InChI=1S/C18H21ClN4O2/c1-11-3-2-4-13(19)15(11)17(24)23-14-7-10-21-16(14)18(25)22-12-5-8-20-9-6-12/h2-4,7,12,20H,5-6,8-10H2,1H3,(H,22,25)(H,23,24). The second kappa shape index (κ2) is 7.80. The Kier molecular flexibility index (Phi) is 5.50. The Bertz CT molecular complexity index is 731. The van der Waals surface area contributed by atoms with E-state index in [1.54, 1.807) is 18.2 Å². The summed E-state index contributed by atoms with van der Waals surface area (Å²) in [6.07, 6.45) is 3.52. The molecule has 7 heteroatoms. The Morgan fingerprint density at radius 2 is 2.00 bits per heavy atom. The third-order valence-electron chi connectivity index (χ3n) is 4.39. The Balaban J connectivity index is 1.67. The zero-order valence-corrected chi connectivity index (χ0v) is 14.8. The van der Waals surface area contributed by atoms with Gasteiger partial charge in [-0.3, -0.25) is 14.6 Å². The Morgan fingerprint density at radius 3 is 2.72 bits per heavy atom. The van der Waals surface area contributed by atoms with E-state index in [0.717, 1.165) is 31.5 Å². The van der Waals surface area contributed by atoms with Gasteiger partial charge in [0.15, 0.2) is 0 Å². The number of nitrogens with zero attached hydrogens (tertiary/aromatic N) is 1. The number of hydrogen-bond acceptors (Lipinski definition) is 4. The number of amides is 2. The lowest BCUT2D eigenvalue weighted by atomic mass is 10.1. The number of carbonyl (C=O) groups excluding carboxylic acids is 2. The van der Waals surface area contributed by atoms with E-state index in [2.05, 4.69) is 20.9 Å². The Hall–Kier alpha value is -2.18. The predicted octanol–water partition coefficient (Wildman–Crippen LogP) is 1.58. The van der Waals surface area contributed by atoms with Crippen LogP contribution in [0.25, 0.3) is 0 Å². The first-order valence-electron chi connectivity index (χ1n) is 8.39. The number of carbonyl (C=O) groups is 2.